The zero-order chi connectivity index (χ0) is 22.8. The van der Waals surface area contributed by atoms with E-state index in [1.165, 1.54) is 22.9 Å². The molecule has 0 aliphatic carbocycles. The van der Waals surface area contributed by atoms with Gasteiger partial charge in [0.05, 0.1) is 0 Å². The predicted molar refractivity (Wildman–Crippen MR) is 129 cm³/mol. The molecule has 0 saturated heterocycles. The largest absolute Gasteiger partial charge is 0.396 e. The first-order valence-corrected chi connectivity index (χ1v) is 12.0. The van der Waals surface area contributed by atoms with Gasteiger partial charge in [0.1, 0.15) is 15.6 Å². The molecule has 1 heterocycles. The lowest BCUT2D eigenvalue weighted by molar-refractivity contribution is 0.0998. The van der Waals surface area contributed by atoms with Crippen LogP contribution in [0.15, 0.2) is 65.7 Å². The average Bonchev–Trinajstić information content (AvgIpc) is 3.20. The van der Waals surface area contributed by atoms with Crippen LogP contribution in [0, 0.1) is 0 Å². The zero-order valence-corrected chi connectivity index (χ0v) is 19.1. The number of nitrogens with two attached hydrogens (primary N) is 1. The summed E-state index contributed by atoms with van der Waals surface area (Å²) in [5, 5.41) is 14.9. The van der Waals surface area contributed by atoms with Gasteiger partial charge in [0.25, 0.3) is 5.91 Å². The summed E-state index contributed by atoms with van der Waals surface area (Å²) in [6.07, 6.45) is 1.29. The molecule has 0 aliphatic rings. The second-order valence-corrected chi connectivity index (χ2v) is 8.88. The maximum absolute atomic E-state index is 12.1. The summed E-state index contributed by atoms with van der Waals surface area (Å²) < 4.78 is 4.35. The number of hydrogen-bond acceptors (Lipinski definition) is 6. The topological polar surface area (TPSA) is 117 Å². The van der Waals surface area contributed by atoms with Crippen LogP contribution in [0.3, 0.4) is 0 Å². The standard InChI is InChI=1S/C23H26N4O3S2/c24-20(29)19-21(26-23(30)25-13-7-14-28)32-27-22(19)31-15-12-18(16-8-3-1-4-9-16)17-10-5-2-6-11-17/h1-6,8-11,18,28H,7,12-15H2,(H2,24,29)(H2,25,26,30). The normalized spacial score (nSPS) is 10.8. The average molecular weight is 471 g/mol. The molecule has 0 spiro atoms. The van der Waals surface area contributed by atoms with Crippen LogP contribution >= 0.6 is 23.3 Å². The molecule has 0 bridgehead atoms. The Morgan fingerprint density at radius 3 is 2.25 bits per heavy atom. The highest BCUT2D eigenvalue weighted by atomic mass is 32.2. The van der Waals surface area contributed by atoms with Crippen molar-refractivity contribution in [1.82, 2.24) is 9.69 Å². The second kappa shape index (κ2) is 12.2. The van der Waals surface area contributed by atoms with Gasteiger partial charge in [-0.25, -0.2) is 4.79 Å². The molecule has 0 atom stereocenters. The van der Waals surface area contributed by atoms with E-state index in [4.69, 9.17) is 10.8 Å². The minimum absolute atomic E-state index is 0.0128. The van der Waals surface area contributed by atoms with E-state index in [2.05, 4.69) is 39.3 Å². The molecule has 5 N–H and O–H groups in total. The van der Waals surface area contributed by atoms with Crippen molar-refractivity contribution in [3.05, 3.63) is 77.4 Å². The number of nitrogens with one attached hydrogen (secondary N) is 2. The van der Waals surface area contributed by atoms with Crippen molar-refractivity contribution >= 4 is 40.2 Å². The monoisotopic (exact) mass is 470 g/mol. The fourth-order valence-electron chi connectivity index (χ4n) is 3.27. The first-order valence-electron chi connectivity index (χ1n) is 10.3. The van der Waals surface area contributed by atoms with Crippen LogP contribution in [0.1, 0.15) is 40.2 Å². The number of aliphatic hydroxyl groups is 1. The number of benzene rings is 2. The van der Waals surface area contributed by atoms with Gasteiger partial charge in [-0.2, -0.15) is 4.37 Å². The van der Waals surface area contributed by atoms with Crippen LogP contribution in [0.5, 0.6) is 0 Å². The van der Waals surface area contributed by atoms with E-state index in [0.29, 0.717) is 23.0 Å². The highest BCUT2D eigenvalue weighted by Crippen LogP contribution is 2.35. The quantitative estimate of drug-likeness (QED) is 0.249. The number of urea groups is 1. The SMILES string of the molecule is NC(=O)c1c(SCCC(c2ccccc2)c2ccccc2)nsc1NC(=O)NCCCO. The number of carbonyl (C=O) groups is 2. The van der Waals surface area contributed by atoms with Crippen LogP contribution in [0.2, 0.25) is 0 Å². The van der Waals surface area contributed by atoms with Crippen molar-refractivity contribution in [2.24, 2.45) is 5.73 Å². The van der Waals surface area contributed by atoms with Crippen molar-refractivity contribution in [3.63, 3.8) is 0 Å². The van der Waals surface area contributed by atoms with E-state index in [0.717, 1.165) is 23.7 Å². The minimum Gasteiger partial charge on any atom is -0.396 e. The van der Waals surface area contributed by atoms with E-state index in [9.17, 15) is 9.59 Å². The highest BCUT2D eigenvalue weighted by molar-refractivity contribution is 7.99. The molecule has 32 heavy (non-hydrogen) atoms. The zero-order valence-electron chi connectivity index (χ0n) is 17.5. The van der Waals surface area contributed by atoms with Crippen LogP contribution in [0.25, 0.3) is 0 Å². The van der Waals surface area contributed by atoms with Gasteiger partial charge in [-0.05, 0) is 35.5 Å². The van der Waals surface area contributed by atoms with E-state index in [1.807, 2.05) is 36.4 Å². The van der Waals surface area contributed by atoms with Crippen molar-refractivity contribution in [1.29, 1.82) is 0 Å². The number of aliphatic hydroxyl groups excluding tert-OH is 1. The van der Waals surface area contributed by atoms with Gasteiger partial charge in [0, 0.05) is 24.8 Å². The van der Waals surface area contributed by atoms with Gasteiger partial charge >= 0.3 is 6.03 Å². The Labute approximate surface area is 195 Å². The highest BCUT2D eigenvalue weighted by Gasteiger charge is 2.22. The molecule has 0 fully saturated rings. The Bertz CT molecular complexity index is 973. The number of primary amides is 1. The van der Waals surface area contributed by atoms with Gasteiger partial charge in [-0.3, -0.25) is 10.1 Å². The fourth-order valence-corrected chi connectivity index (χ4v) is 5.25. The lowest BCUT2D eigenvalue weighted by atomic mass is 9.89. The molecular weight excluding hydrogens is 444 g/mol. The Hall–Kier alpha value is -2.88. The first kappa shape index (κ1) is 23.8. The van der Waals surface area contributed by atoms with Gasteiger partial charge < -0.3 is 16.2 Å². The Kier molecular flexibility index (Phi) is 9.09. The molecule has 0 aliphatic heterocycles. The smallest absolute Gasteiger partial charge is 0.319 e. The van der Waals surface area contributed by atoms with Gasteiger partial charge in [-0.1, -0.05) is 60.7 Å². The molecular formula is C23H26N4O3S2. The van der Waals surface area contributed by atoms with E-state index >= 15 is 0 Å². The van der Waals surface area contributed by atoms with Crippen molar-refractivity contribution in [2.45, 2.75) is 23.8 Å². The Morgan fingerprint density at radius 2 is 1.69 bits per heavy atom. The Balaban J connectivity index is 1.68. The molecule has 3 amide bonds. The van der Waals surface area contributed by atoms with Gasteiger partial charge in [-0.15, -0.1) is 11.8 Å². The molecule has 2 aromatic carbocycles. The summed E-state index contributed by atoms with van der Waals surface area (Å²) in [5.41, 5.74) is 8.27. The Morgan fingerprint density at radius 1 is 1.06 bits per heavy atom. The molecule has 0 saturated carbocycles. The molecule has 168 valence electrons. The third kappa shape index (κ3) is 6.56. The number of thioether (sulfide) groups is 1. The van der Waals surface area contributed by atoms with E-state index < -0.39 is 11.9 Å². The van der Waals surface area contributed by atoms with Crippen LogP contribution in [-0.4, -0.2) is 40.3 Å². The molecule has 3 rings (SSSR count). The number of hydrogen-bond donors (Lipinski definition) is 4. The lowest BCUT2D eigenvalue weighted by Gasteiger charge is -2.17. The van der Waals surface area contributed by atoms with Gasteiger partial charge in [0.2, 0.25) is 0 Å². The summed E-state index contributed by atoms with van der Waals surface area (Å²) in [7, 11) is 0. The lowest BCUT2D eigenvalue weighted by Crippen LogP contribution is -2.30. The summed E-state index contributed by atoms with van der Waals surface area (Å²) in [6.45, 7) is 0.316. The maximum Gasteiger partial charge on any atom is 0.319 e. The summed E-state index contributed by atoms with van der Waals surface area (Å²) in [5.74, 6) is 0.311. The van der Waals surface area contributed by atoms with Crippen molar-refractivity contribution in [2.75, 3.05) is 24.2 Å². The van der Waals surface area contributed by atoms with E-state index in [-0.39, 0.29) is 18.1 Å². The number of carbonyl (C=O) groups excluding carboxylic acids is 2. The summed E-state index contributed by atoms with van der Waals surface area (Å²) in [6, 6.07) is 20.2. The molecule has 3 aromatic rings. The summed E-state index contributed by atoms with van der Waals surface area (Å²) >= 11 is 2.49. The van der Waals surface area contributed by atoms with E-state index in [1.54, 1.807) is 0 Å². The molecule has 7 nitrogen and oxygen atoms in total. The number of aromatic nitrogens is 1. The molecule has 1 aromatic heterocycles. The number of anilines is 1. The van der Waals surface area contributed by atoms with Gasteiger partial charge in [0.15, 0.2) is 0 Å². The third-order valence-electron chi connectivity index (χ3n) is 4.80. The second-order valence-electron chi connectivity index (χ2n) is 7.03. The molecule has 0 unspecified atom stereocenters. The van der Waals surface area contributed by atoms with Crippen LogP contribution in [-0.2, 0) is 0 Å². The first-order chi connectivity index (χ1) is 15.6. The van der Waals surface area contributed by atoms with Crippen LogP contribution < -0.4 is 16.4 Å². The number of amides is 3. The minimum atomic E-state index is -0.630. The third-order valence-corrected chi connectivity index (χ3v) is 6.69. The number of nitrogens with zero attached hydrogens (tertiary/aromatic N) is 1. The number of rotatable bonds is 11. The van der Waals surface area contributed by atoms with Crippen molar-refractivity contribution in [3.8, 4) is 0 Å². The fraction of sp³-hybridized carbons (Fsp3) is 0.261. The van der Waals surface area contributed by atoms with Crippen molar-refractivity contribution < 1.29 is 14.7 Å². The maximum atomic E-state index is 12.1. The predicted octanol–water partition coefficient (Wildman–Crippen LogP) is 4.06. The molecule has 0 radical (unpaired) electrons. The molecule has 9 heteroatoms. The van der Waals surface area contributed by atoms with Crippen LogP contribution in [0.4, 0.5) is 9.80 Å². The summed E-state index contributed by atoms with van der Waals surface area (Å²) in [4.78, 5) is 24.1.